The van der Waals surface area contributed by atoms with Crippen molar-refractivity contribution in [1.29, 1.82) is 0 Å². The van der Waals surface area contributed by atoms with Gasteiger partial charge in [-0.3, -0.25) is 4.79 Å². The maximum atomic E-state index is 12.3. The van der Waals surface area contributed by atoms with Crippen LogP contribution in [0, 0.1) is 0 Å². The Morgan fingerprint density at radius 3 is 2.88 bits per heavy atom. The van der Waals surface area contributed by atoms with E-state index in [0.717, 1.165) is 31.1 Å². The molecule has 1 fully saturated rings. The fourth-order valence-electron chi connectivity index (χ4n) is 1.91. The van der Waals surface area contributed by atoms with Gasteiger partial charge < -0.3 is 15.5 Å². The number of amides is 1. The van der Waals surface area contributed by atoms with Crippen molar-refractivity contribution in [3.8, 4) is 0 Å². The highest BCUT2D eigenvalue weighted by Gasteiger charge is 2.25. The maximum absolute atomic E-state index is 12.3. The van der Waals surface area contributed by atoms with Crippen LogP contribution in [0.1, 0.15) is 10.9 Å². The molecule has 5 heteroatoms. The second kappa shape index (κ2) is 5.43. The van der Waals surface area contributed by atoms with Crippen LogP contribution in [0.3, 0.4) is 0 Å². The molecule has 2 heterocycles. The predicted octanol–water partition coefficient (Wildman–Crippen LogP) is 0.440. The number of thiophene rings is 1. The molecule has 0 bridgehead atoms. The van der Waals surface area contributed by atoms with E-state index in [0.29, 0.717) is 0 Å². The molecule has 4 nitrogen and oxygen atoms in total. The van der Waals surface area contributed by atoms with Crippen molar-refractivity contribution in [2.75, 3.05) is 33.2 Å². The van der Waals surface area contributed by atoms with Crippen molar-refractivity contribution < 1.29 is 4.79 Å². The van der Waals surface area contributed by atoms with E-state index in [-0.39, 0.29) is 11.9 Å². The van der Waals surface area contributed by atoms with Crippen LogP contribution in [0.25, 0.3) is 0 Å². The molecular formula is C11H17N3OS. The van der Waals surface area contributed by atoms with E-state index < -0.39 is 0 Å². The summed E-state index contributed by atoms with van der Waals surface area (Å²) in [7, 11) is 1.84. The zero-order valence-electron chi connectivity index (χ0n) is 9.40. The van der Waals surface area contributed by atoms with E-state index in [9.17, 15) is 4.79 Å². The van der Waals surface area contributed by atoms with E-state index in [4.69, 9.17) is 0 Å². The Morgan fingerprint density at radius 2 is 2.31 bits per heavy atom. The highest BCUT2D eigenvalue weighted by atomic mass is 32.1. The summed E-state index contributed by atoms with van der Waals surface area (Å²) in [5.41, 5.74) is 0. The summed E-state index contributed by atoms with van der Waals surface area (Å²) in [5, 5.41) is 8.35. The number of rotatable bonds is 3. The Kier molecular flexibility index (Phi) is 3.93. The summed E-state index contributed by atoms with van der Waals surface area (Å²) < 4.78 is 0. The smallest absolute Gasteiger partial charge is 0.245 e. The largest absolute Gasteiger partial charge is 0.338 e. The lowest BCUT2D eigenvalue weighted by atomic mass is 10.2. The molecule has 88 valence electrons. The second-order valence-electron chi connectivity index (χ2n) is 3.81. The summed E-state index contributed by atoms with van der Waals surface area (Å²) in [6, 6.07) is 3.81. The second-order valence-corrected chi connectivity index (χ2v) is 4.79. The Labute approximate surface area is 99.6 Å². The molecule has 16 heavy (non-hydrogen) atoms. The van der Waals surface area contributed by atoms with Crippen LogP contribution in [-0.2, 0) is 4.79 Å². The molecule has 1 aromatic rings. The number of nitrogens with one attached hydrogen (secondary N) is 2. The summed E-state index contributed by atoms with van der Waals surface area (Å²) in [6.45, 7) is 3.41. The topological polar surface area (TPSA) is 44.4 Å². The zero-order chi connectivity index (χ0) is 11.4. The Hall–Kier alpha value is -0.910. The van der Waals surface area contributed by atoms with Crippen LogP contribution in [0.5, 0.6) is 0 Å². The van der Waals surface area contributed by atoms with E-state index in [1.807, 2.05) is 29.5 Å². The Morgan fingerprint density at radius 1 is 1.56 bits per heavy atom. The maximum Gasteiger partial charge on any atom is 0.245 e. The van der Waals surface area contributed by atoms with Gasteiger partial charge in [0.05, 0.1) is 0 Å². The van der Waals surface area contributed by atoms with Crippen molar-refractivity contribution in [1.82, 2.24) is 15.5 Å². The van der Waals surface area contributed by atoms with Crippen LogP contribution in [-0.4, -0.2) is 44.0 Å². The SMILES string of the molecule is CNC(C(=O)N1CCNCC1)c1cccs1. The van der Waals surface area contributed by atoms with Crippen LogP contribution in [0.2, 0.25) is 0 Å². The van der Waals surface area contributed by atoms with Gasteiger partial charge in [0.2, 0.25) is 5.91 Å². The van der Waals surface area contributed by atoms with Gasteiger partial charge in [0, 0.05) is 31.1 Å². The van der Waals surface area contributed by atoms with Crippen LogP contribution in [0.15, 0.2) is 17.5 Å². The lowest BCUT2D eigenvalue weighted by Gasteiger charge is -2.30. The molecule has 0 spiro atoms. The molecular weight excluding hydrogens is 222 g/mol. The van der Waals surface area contributed by atoms with Crippen molar-refractivity contribution in [2.24, 2.45) is 0 Å². The first kappa shape index (κ1) is 11.6. The molecule has 2 N–H and O–H groups in total. The molecule has 1 aromatic heterocycles. The number of hydrogen-bond acceptors (Lipinski definition) is 4. The highest BCUT2D eigenvalue weighted by molar-refractivity contribution is 7.10. The fourth-order valence-corrected chi connectivity index (χ4v) is 2.74. The molecule has 1 unspecified atom stereocenters. The first-order valence-electron chi connectivity index (χ1n) is 5.53. The summed E-state index contributed by atoms with van der Waals surface area (Å²) >= 11 is 1.62. The Bertz CT molecular complexity index is 333. The lowest BCUT2D eigenvalue weighted by Crippen LogP contribution is -2.49. The minimum absolute atomic E-state index is 0.182. The van der Waals surface area contributed by atoms with E-state index in [1.165, 1.54) is 0 Å². The molecule has 1 atom stereocenters. The molecule has 1 saturated heterocycles. The predicted molar refractivity (Wildman–Crippen MR) is 65.6 cm³/mol. The number of nitrogens with zero attached hydrogens (tertiary/aromatic N) is 1. The van der Waals surface area contributed by atoms with Gasteiger partial charge in [0.15, 0.2) is 0 Å². The van der Waals surface area contributed by atoms with Gasteiger partial charge in [-0.25, -0.2) is 0 Å². The van der Waals surface area contributed by atoms with Gasteiger partial charge in [0.25, 0.3) is 0 Å². The minimum Gasteiger partial charge on any atom is -0.338 e. The van der Waals surface area contributed by atoms with Crippen LogP contribution < -0.4 is 10.6 Å². The molecule has 0 aromatic carbocycles. The molecule has 0 aliphatic carbocycles. The first-order valence-corrected chi connectivity index (χ1v) is 6.41. The summed E-state index contributed by atoms with van der Waals surface area (Å²) in [6.07, 6.45) is 0. The van der Waals surface area contributed by atoms with Gasteiger partial charge in [-0.1, -0.05) is 6.07 Å². The van der Waals surface area contributed by atoms with Crippen molar-refractivity contribution in [2.45, 2.75) is 6.04 Å². The quantitative estimate of drug-likeness (QED) is 0.804. The van der Waals surface area contributed by atoms with Crippen LogP contribution in [0.4, 0.5) is 0 Å². The van der Waals surface area contributed by atoms with E-state index >= 15 is 0 Å². The number of carbonyl (C=O) groups excluding carboxylic acids is 1. The molecule has 0 saturated carbocycles. The molecule has 2 rings (SSSR count). The third-order valence-corrected chi connectivity index (χ3v) is 3.73. The third-order valence-electron chi connectivity index (χ3n) is 2.79. The average Bonchev–Trinajstić information content (AvgIpc) is 2.85. The monoisotopic (exact) mass is 239 g/mol. The summed E-state index contributed by atoms with van der Waals surface area (Å²) in [4.78, 5) is 15.3. The minimum atomic E-state index is -0.182. The number of piperazine rings is 1. The fraction of sp³-hybridized carbons (Fsp3) is 0.545. The highest BCUT2D eigenvalue weighted by Crippen LogP contribution is 2.20. The molecule has 1 aliphatic heterocycles. The summed E-state index contributed by atoms with van der Waals surface area (Å²) in [5.74, 6) is 0.187. The molecule has 0 radical (unpaired) electrons. The van der Waals surface area contributed by atoms with Gasteiger partial charge in [-0.15, -0.1) is 11.3 Å². The molecule has 1 amide bonds. The van der Waals surface area contributed by atoms with Gasteiger partial charge >= 0.3 is 0 Å². The van der Waals surface area contributed by atoms with Crippen molar-refractivity contribution in [3.63, 3.8) is 0 Å². The van der Waals surface area contributed by atoms with E-state index in [2.05, 4.69) is 10.6 Å². The Balaban J connectivity index is 2.06. The number of hydrogen-bond donors (Lipinski definition) is 2. The average molecular weight is 239 g/mol. The van der Waals surface area contributed by atoms with Crippen molar-refractivity contribution in [3.05, 3.63) is 22.4 Å². The van der Waals surface area contributed by atoms with E-state index in [1.54, 1.807) is 11.3 Å². The first-order chi connectivity index (χ1) is 7.83. The van der Waals surface area contributed by atoms with Gasteiger partial charge in [-0.2, -0.15) is 0 Å². The number of carbonyl (C=O) groups is 1. The molecule has 1 aliphatic rings. The van der Waals surface area contributed by atoms with Crippen molar-refractivity contribution >= 4 is 17.2 Å². The number of likely N-dealkylation sites (N-methyl/N-ethyl adjacent to an activating group) is 1. The zero-order valence-corrected chi connectivity index (χ0v) is 10.2. The normalized spacial score (nSPS) is 18.4. The van der Waals surface area contributed by atoms with Crippen LogP contribution >= 0.6 is 11.3 Å². The standard InChI is InChI=1S/C11H17N3OS/c1-12-10(9-3-2-8-16-9)11(15)14-6-4-13-5-7-14/h2-3,8,10,12-13H,4-7H2,1H3. The third kappa shape index (κ3) is 2.42. The van der Waals surface area contributed by atoms with Gasteiger partial charge in [0.1, 0.15) is 6.04 Å². The van der Waals surface area contributed by atoms with Gasteiger partial charge in [-0.05, 0) is 18.5 Å². The lowest BCUT2D eigenvalue weighted by molar-refractivity contribution is -0.134.